The summed E-state index contributed by atoms with van der Waals surface area (Å²) >= 11 is 0. The molecule has 1 saturated heterocycles. The average Bonchev–Trinajstić information content (AvgIpc) is 2.59. The van der Waals surface area contributed by atoms with E-state index >= 15 is 0 Å². The molecule has 2 atom stereocenters. The zero-order valence-corrected chi connectivity index (χ0v) is 10.6. The summed E-state index contributed by atoms with van der Waals surface area (Å²) in [4.78, 5) is 12.4. The maximum absolute atomic E-state index is 11.0. The Bertz CT molecular complexity index is 322. The fourth-order valence-electron chi connectivity index (χ4n) is 2.56. The van der Waals surface area contributed by atoms with Crippen molar-refractivity contribution in [3.8, 4) is 6.19 Å². The molecule has 1 rings (SSSR count). The molecule has 0 aromatic carbocycles. The van der Waals surface area contributed by atoms with E-state index in [2.05, 4.69) is 13.8 Å². The van der Waals surface area contributed by atoms with Crippen LogP contribution in [0.2, 0.25) is 0 Å². The van der Waals surface area contributed by atoms with Crippen LogP contribution in [0.1, 0.15) is 33.1 Å². The van der Waals surface area contributed by atoms with Crippen molar-refractivity contribution in [2.24, 2.45) is 5.41 Å². The van der Waals surface area contributed by atoms with Gasteiger partial charge in [-0.3, -0.25) is 4.90 Å². The number of carboxylic acid groups (broad SMARTS) is 1. The second kappa shape index (κ2) is 5.37. The quantitative estimate of drug-likeness (QED) is 0.736. The molecular weight excluding hydrogens is 220 g/mol. The van der Waals surface area contributed by atoms with Gasteiger partial charge in [-0.25, -0.2) is 4.79 Å². The second-order valence-electron chi connectivity index (χ2n) is 5.39. The third-order valence-electron chi connectivity index (χ3n) is 3.23. The van der Waals surface area contributed by atoms with E-state index in [-0.39, 0.29) is 11.5 Å². The Hall–Kier alpha value is -1.28. The monoisotopic (exact) mass is 240 g/mol. The van der Waals surface area contributed by atoms with E-state index in [1.54, 1.807) is 7.11 Å². The van der Waals surface area contributed by atoms with Crippen LogP contribution < -0.4 is 0 Å². The van der Waals surface area contributed by atoms with E-state index < -0.39 is 12.0 Å². The van der Waals surface area contributed by atoms with Gasteiger partial charge in [0.2, 0.25) is 0 Å². The Labute approximate surface area is 102 Å². The van der Waals surface area contributed by atoms with E-state index in [1.165, 1.54) is 4.90 Å². The van der Waals surface area contributed by atoms with Gasteiger partial charge in [0.15, 0.2) is 6.19 Å². The molecule has 0 aromatic heterocycles. The van der Waals surface area contributed by atoms with E-state index in [4.69, 9.17) is 15.1 Å². The number of hydrogen-bond acceptors (Lipinski definition) is 4. The Morgan fingerprint density at radius 1 is 1.59 bits per heavy atom. The molecule has 5 nitrogen and oxygen atoms in total. The van der Waals surface area contributed by atoms with Crippen LogP contribution in [0.25, 0.3) is 0 Å². The molecule has 17 heavy (non-hydrogen) atoms. The summed E-state index contributed by atoms with van der Waals surface area (Å²) < 4.78 is 5.14. The molecule has 1 heterocycles. The summed E-state index contributed by atoms with van der Waals surface area (Å²) in [5.41, 5.74) is -0.0398. The zero-order chi connectivity index (χ0) is 13.1. The van der Waals surface area contributed by atoms with Crippen molar-refractivity contribution in [3.05, 3.63) is 0 Å². The van der Waals surface area contributed by atoms with Crippen LogP contribution in [0.4, 0.5) is 0 Å². The smallest absolute Gasteiger partial charge is 0.327 e. The molecule has 0 aliphatic carbocycles. The zero-order valence-electron chi connectivity index (χ0n) is 10.6. The number of ether oxygens (including phenoxy) is 1. The Kier molecular flexibility index (Phi) is 4.35. The predicted molar refractivity (Wildman–Crippen MR) is 62.2 cm³/mol. The molecule has 0 amide bonds. The van der Waals surface area contributed by atoms with Gasteiger partial charge in [0.1, 0.15) is 6.04 Å². The van der Waals surface area contributed by atoms with Gasteiger partial charge in [-0.15, -0.1) is 0 Å². The number of nitrogens with zero attached hydrogens (tertiary/aromatic N) is 2. The minimum Gasteiger partial charge on any atom is -0.480 e. The third-order valence-corrected chi connectivity index (χ3v) is 3.23. The van der Waals surface area contributed by atoms with Crippen LogP contribution in [0.5, 0.6) is 0 Å². The third kappa shape index (κ3) is 3.34. The van der Waals surface area contributed by atoms with Crippen LogP contribution >= 0.6 is 0 Å². The van der Waals surface area contributed by atoms with Gasteiger partial charge in [0.05, 0.1) is 6.61 Å². The summed E-state index contributed by atoms with van der Waals surface area (Å²) in [6, 6.07) is -0.630. The van der Waals surface area contributed by atoms with Crippen molar-refractivity contribution < 1.29 is 14.6 Å². The largest absolute Gasteiger partial charge is 0.480 e. The van der Waals surface area contributed by atoms with Crippen molar-refractivity contribution >= 4 is 5.97 Å². The lowest BCUT2D eigenvalue weighted by atomic mass is 9.86. The standard InChI is InChI=1S/C12H20N2O3/c1-12(2,7-17-3)6-9-4-5-10(11(15)16)14(9)8-13/h9-10H,4-7H2,1-3H3,(H,15,16). The molecule has 5 heteroatoms. The average molecular weight is 240 g/mol. The summed E-state index contributed by atoms with van der Waals surface area (Å²) in [6.45, 7) is 4.75. The number of carbonyl (C=O) groups is 1. The summed E-state index contributed by atoms with van der Waals surface area (Å²) in [5, 5.41) is 18.1. The molecule has 0 spiro atoms. The van der Waals surface area contributed by atoms with Crippen LogP contribution in [0.15, 0.2) is 0 Å². The first-order chi connectivity index (χ1) is 7.91. The van der Waals surface area contributed by atoms with Gasteiger partial charge in [0.25, 0.3) is 0 Å². The van der Waals surface area contributed by atoms with Gasteiger partial charge < -0.3 is 9.84 Å². The van der Waals surface area contributed by atoms with Crippen molar-refractivity contribution in [1.82, 2.24) is 4.90 Å². The predicted octanol–water partition coefficient (Wildman–Crippen LogP) is 1.45. The van der Waals surface area contributed by atoms with E-state index in [1.807, 2.05) is 6.19 Å². The van der Waals surface area contributed by atoms with Crippen LogP contribution in [-0.4, -0.2) is 41.8 Å². The van der Waals surface area contributed by atoms with Crippen LogP contribution in [-0.2, 0) is 9.53 Å². The van der Waals surface area contributed by atoms with Gasteiger partial charge in [-0.1, -0.05) is 13.8 Å². The minimum absolute atomic E-state index is 0.0197. The Morgan fingerprint density at radius 3 is 2.71 bits per heavy atom. The number of likely N-dealkylation sites (tertiary alicyclic amines) is 1. The maximum Gasteiger partial charge on any atom is 0.327 e. The normalized spacial score (nSPS) is 24.7. The number of methoxy groups -OCH3 is 1. The molecular formula is C12H20N2O3. The molecule has 2 unspecified atom stereocenters. The van der Waals surface area contributed by atoms with Crippen LogP contribution in [0, 0.1) is 16.9 Å². The molecule has 0 bridgehead atoms. The Balaban J connectivity index is 2.67. The van der Waals surface area contributed by atoms with Gasteiger partial charge in [0, 0.05) is 13.2 Å². The summed E-state index contributed by atoms with van der Waals surface area (Å²) in [6.07, 6.45) is 4.11. The van der Waals surface area contributed by atoms with Gasteiger partial charge in [-0.05, 0) is 24.7 Å². The maximum atomic E-state index is 11.0. The van der Waals surface area contributed by atoms with E-state index in [9.17, 15) is 4.79 Å². The highest BCUT2D eigenvalue weighted by Crippen LogP contribution is 2.33. The fraction of sp³-hybridized carbons (Fsp3) is 0.833. The molecule has 96 valence electrons. The Morgan fingerprint density at radius 2 is 2.24 bits per heavy atom. The van der Waals surface area contributed by atoms with Crippen LogP contribution in [0.3, 0.4) is 0 Å². The molecule has 1 aliphatic heterocycles. The number of aliphatic carboxylic acids is 1. The highest BCUT2D eigenvalue weighted by Gasteiger charge is 2.39. The lowest BCUT2D eigenvalue weighted by Gasteiger charge is -2.30. The molecule has 0 radical (unpaired) electrons. The second-order valence-corrected chi connectivity index (χ2v) is 5.39. The summed E-state index contributed by atoms with van der Waals surface area (Å²) in [7, 11) is 1.65. The van der Waals surface area contributed by atoms with Crippen molar-refractivity contribution in [1.29, 1.82) is 5.26 Å². The first-order valence-electron chi connectivity index (χ1n) is 5.81. The van der Waals surface area contributed by atoms with Gasteiger partial charge in [-0.2, -0.15) is 5.26 Å². The fourth-order valence-corrected chi connectivity index (χ4v) is 2.56. The molecule has 1 aliphatic rings. The van der Waals surface area contributed by atoms with Crippen molar-refractivity contribution in [3.63, 3.8) is 0 Å². The molecule has 0 aromatic rings. The lowest BCUT2D eigenvalue weighted by molar-refractivity contribution is -0.141. The van der Waals surface area contributed by atoms with Gasteiger partial charge >= 0.3 is 5.97 Å². The molecule has 0 saturated carbocycles. The molecule has 1 N–H and O–H groups in total. The van der Waals surface area contributed by atoms with Crippen molar-refractivity contribution in [2.45, 2.75) is 45.2 Å². The van der Waals surface area contributed by atoms with E-state index in [0.29, 0.717) is 13.0 Å². The van der Waals surface area contributed by atoms with E-state index in [0.717, 1.165) is 12.8 Å². The highest BCUT2D eigenvalue weighted by atomic mass is 16.5. The topological polar surface area (TPSA) is 73.6 Å². The number of carboxylic acids is 1. The molecule has 1 fully saturated rings. The number of rotatable bonds is 5. The first kappa shape index (κ1) is 13.8. The first-order valence-corrected chi connectivity index (χ1v) is 5.81. The minimum atomic E-state index is -0.904. The highest BCUT2D eigenvalue weighted by molar-refractivity contribution is 5.74. The number of nitriles is 1. The number of hydrogen-bond donors (Lipinski definition) is 1. The SMILES string of the molecule is COCC(C)(C)CC1CCC(C(=O)O)N1C#N. The van der Waals surface area contributed by atoms with Crippen molar-refractivity contribution in [2.75, 3.05) is 13.7 Å². The summed E-state index contributed by atoms with van der Waals surface area (Å²) in [5.74, 6) is -0.904. The lowest BCUT2D eigenvalue weighted by Crippen LogP contribution is -2.39.